The molecular weight excluding hydrogens is 328 g/mol. The van der Waals surface area contributed by atoms with Crippen molar-refractivity contribution in [3.05, 3.63) is 71.3 Å². The molecule has 2 aromatic rings. The first-order valence-corrected chi connectivity index (χ1v) is 7.72. The fourth-order valence-corrected chi connectivity index (χ4v) is 2.46. The Morgan fingerprint density at radius 2 is 1.68 bits per heavy atom. The Morgan fingerprint density at radius 3 is 2.28 bits per heavy atom. The van der Waals surface area contributed by atoms with Gasteiger partial charge in [0.05, 0.1) is 18.5 Å². The van der Waals surface area contributed by atoms with E-state index in [1.54, 1.807) is 31.2 Å². The molecule has 0 aliphatic heterocycles. The molecule has 0 saturated carbocycles. The zero-order chi connectivity index (χ0) is 18.4. The summed E-state index contributed by atoms with van der Waals surface area (Å²) in [4.78, 5) is 23.5. The van der Waals surface area contributed by atoms with Crippen molar-refractivity contribution in [2.45, 2.75) is 25.4 Å². The van der Waals surface area contributed by atoms with E-state index in [9.17, 15) is 18.4 Å². The third-order valence-corrected chi connectivity index (χ3v) is 3.73. The Kier molecular flexibility index (Phi) is 6.05. The van der Waals surface area contributed by atoms with Crippen LogP contribution >= 0.6 is 0 Å². The second kappa shape index (κ2) is 8.23. The number of rotatable bonds is 6. The van der Waals surface area contributed by atoms with Gasteiger partial charge in [0.25, 0.3) is 0 Å². The minimum Gasteiger partial charge on any atom is -0.352 e. The lowest BCUT2D eigenvalue weighted by atomic mass is 10.0. The van der Waals surface area contributed by atoms with Crippen molar-refractivity contribution < 1.29 is 18.4 Å². The van der Waals surface area contributed by atoms with Gasteiger partial charge in [0, 0.05) is 0 Å². The Bertz CT molecular complexity index is 753. The van der Waals surface area contributed by atoms with Crippen LogP contribution < -0.4 is 16.4 Å². The predicted octanol–water partition coefficient (Wildman–Crippen LogP) is 2.94. The first-order chi connectivity index (χ1) is 11.9. The molecule has 132 valence electrons. The van der Waals surface area contributed by atoms with Gasteiger partial charge in [-0.25, -0.2) is 13.6 Å². The average Bonchev–Trinajstić information content (AvgIpc) is 2.57. The predicted molar refractivity (Wildman–Crippen MR) is 89.4 cm³/mol. The summed E-state index contributed by atoms with van der Waals surface area (Å²) in [6.07, 6.45) is -0.0407. The molecule has 7 heteroatoms. The molecule has 0 fully saturated rings. The van der Waals surface area contributed by atoms with E-state index in [-0.39, 0.29) is 12.3 Å². The number of urea groups is 1. The first-order valence-electron chi connectivity index (χ1n) is 7.72. The van der Waals surface area contributed by atoms with Crippen LogP contribution in [0, 0.1) is 11.6 Å². The summed E-state index contributed by atoms with van der Waals surface area (Å²) in [6.45, 7) is 1.66. The van der Waals surface area contributed by atoms with Crippen molar-refractivity contribution in [1.82, 2.24) is 10.6 Å². The van der Waals surface area contributed by atoms with Crippen LogP contribution in [0.3, 0.4) is 0 Å². The number of primary amides is 1. The molecule has 5 nitrogen and oxygen atoms in total. The highest BCUT2D eigenvalue weighted by Crippen LogP contribution is 2.19. The van der Waals surface area contributed by atoms with Crippen LogP contribution in [0.2, 0.25) is 0 Å². The summed E-state index contributed by atoms with van der Waals surface area (Å²) in [5.74, 6) is -2.28. The topological polar surface area (TPSA) is 84.2 Å². The van der Waals surface area contributed by atoms with Crippen LogP contribution in [-0.4, -0.2) is 11.9 Å². The van der Waals surface area contributed by atoms with Gasteiger partial charge in [-0.1, -0.05) is 36.4 Å². The van der Waals surface area contributed by atoms with Gasteiger partial charge in [-0.3, -0.25) is 4.79 Å². The van der Waals surface area contributed by atoms with Gasteiger partial charge in [0.2, 0.25) is 5.91 Å². The summed E-state index contributed by atoms with van der Waals surface area (Å²) >= 11 is 0. The second-order valence-electron chi connectivity index (χ2n) is 5.64. The monoisotopic (exact) mass is 347 g/mol. The molecule has 4 N–H and O–H groups in total. The highest BCUT2D eigenvalue weighted by Gasteiger charge is 2.19. The van der Waals surface area contributed by atoms with Crippen LogP contribution in [-0.2, 0) is 4.79 Å². The van der Waals surface area contributed by atoms with Crippen molar-refractivity contribution in [2.75, 3.05) is 0 Å². The molecule has 2 rings (SSSR count). The molecule has 0 bridgehead atoms. The summed E-state index contributed by atoms with van der Waals surface area (Å²) < 4.78 is 26.3. The van der Waals surface area contributed by atoms with E-state index >= 15 is 0 Å². The largest absolute Gasteiger partial charge is 0.352 e. The number of amides is 3. The zero-order valence-corrected chi connectivity index (χ0v) is 13.6. The van der Waals surface area contributed by atoms with Gasteiger partial charge in [0.1, 0.15) is 0 Å². The molecule has 2 aromatic carbocycles. The van der Waals surface area contributed by atoms with Crippen molar-refractivity contribution in [1.29, 1.82) is 0 Å². The SMILES string of the molecule is C[C@@H](NC(=O)C[C@@H](NC(N)=O)c1ccccc1)c1ccc(F)c(F)c1. The number of nitrogens with one attached hydrogen (secondary N) is 2. The third kappa shape index (κ3) is 5.27. The number of carbonyl (C=O) groups excluding carboxylic acids is 2. The Labute approximate surface area is 144 Å². The van der Waals surface area contributed by atoms with Crippen molar-refractivity contribution >= 4 is 11.9 Å². The minimum atomic E-state index is -0.976. The number of hydrogen-bond donors (Lipinski definition) is 3. The maximum Gasteiger partial charge on any atom is 0.312 e. The normalized spacial score (nSPS) is 12.9. The standard InChI is InChI=1S/C18H19F2N3O2/c1-11(13-7-8-14(19)15(20)9-13)22-17(24)10-16(23-18(21)25)12-5-3-2-4-6-12/h2-9,11,16H,10H2,1H3,(H,22,24)(H3,21,23,25)/t11-,16-/m1/s1. The lowest BCUT2D eigenvalue weighted by Crippen LogP contribution is -2.37. The second-order valence-corrected chi connectivity index (χ2v) is 5.64. The van der Waals surface area contributed by atoms with Crippen molar-refractivity contribution in [3.8, 4) is 0 Å². The highest BCUT2D eigenvalue weighted by molar-refractivity contribution is 5.79. The number of nitrogens with two attached hydrogens (primary N) is 1. The molecule has 25 heavy (non-hydrogen) atoms. The molecular formula is C18H19F2N3O2. The number of carbonyl (C=O) groups is 2. The summed E-state index contributed by atoms with van der Waals surface area (Å²) in [7, 11) is 0. The Balaban J connectivity index is 2.05. The Morgan fingerprint density at radius 1 is 1.00 bits per heavy atom. The maximum absolute atomic E-state index is 13.3. The Hall–Kier alpha value is -2.96. The lowest BCUT2D eigenvalue weighted by Gasteiger charge is -2.20. The summed E-state index contributed by atoms with van der Waals surface area (Å²) in [5.41, 5.74) is 6.34. The molecule has 0 saturated heterocycles. The van der Waals surface area contributed by atoms with E-state index in [0.717, 1.165) is 17.7 Å². The van der Waals surface area contributed by atoms with Crippen molar-refractivity contribution in [2.24, 2.45) is 5.73 Å². The van der Waals surface area contributed by atoms with Crippen LogP contribution in [0.4, 0.5) is 13.6 Å². The molecule has 0 radical (unpaired) electrons. The minimum absolute atomic E-state index is 0.0407. The lowest BCUT2D eigenvalue weighted by molar-refractivity contribution is -0.122. The molecule has 3 amide bonds. The van der Waals surface area contributed by atoms with Crippen LogP contribution in [0.25, 0.3) is 0 Å². The van der Waals surface area contributed by atoms with Gasteiger partial charge < -0.3 is 16.4 Å². The molecule has 0 aliphatic carbocycles. The van der Waals surface area contributed by atoms with Gasteiger partial charge >= 0.3 is 6.03 Å². The van der Waals surface area contributed by atoms with Gasteiger partial charge in [0.15, 0.2) is 11.6 Å². The van der Waals surface area contributed by atoms with Crippen LogP contribution in [0.1, 0.15) is 36.6 Å². The fourth-order valence-electron chi connectivity index (χ4n) is 2.46. The van der Waals surface area contributed by atoms with Gasteiger partial charge in [-0.2, -0.15) is 0 Å². The van der Waals surface area contributed by atoms with Gasteiger partial charge in [-0.15, -0.1) is 0 Å². The first kappa shape index (κ1) is 18.4. The van der Waals surface area contributed by atoms with Crippen LogP contribution in [0.15, 0.2) is 48.5 Å². The van der Waals surface area contributed by atoms with E-state index < -0.39 is 29.7 Å². The van der Waals surface area contributed by atoms with Gasteiger partial charge in [-0.05, 0) is 30.2 Å². The fraction of sp³-hybridized carbons (Fsp3) is 0.222. The zero-order valence-electron chi connectivity index (χ0n) is 13.6. The maximum atomic E-state index is 13.3. The van der Waals surface area contributed by atoms with E-state index in [2.05, 4.69) is 10.6 Å². The van der Waals surface area contributed by atoms with E-state index in [1.165, 1.54) is 6.07 Å². The molecule has 0 unspecified atom stereocenters. The molecule has 0 aliphatic rings. The molecule has 0 heterocycles. The number of benzene rings is 2. The average molecular weight is 347 g/mol. The summed E-state index contributed by atoms with van der Waals surface area (Å²) in [5, 5.41) is 5.22. The van der Waals surface area contributed by atoms with Crippen LogP contribution in [0.5, 0.6) is 0 Å². The highest BCUT2D eigenvalue weighted by atomic mass is 19.2. The van der Waals surface area contributed by atoms with E-state index in [1.807, 2.05) is 6.07 Å². The summed E-state index contributed by atoms with van der Waals surface area (Å²) in [6, 6.07) is 10.5. The van der Waals surface area contributed by atoms with E-state index in [4.69, 9.17) is 5.73 Å². The number of halogens is 2. The molecule has 0 aromatic heterocycles. The third-order valence-electron chi connectivity index (χ3n) is 3.73. The van der Waals surface area contributed by atoms with Crippen molar-refractivity contribution in [3.63, 3.8) is 0 Å². The number of hydrogen-bond acceptors (Lipinski definition) is 2. The quantitative estimate of drug-likeness (QED) is 0.751. The smallest absolute Gasteiger partial charge is 0.312 e. The molecule has 2 atom stereocenters. The van der Waals surface area contributed by atoms with E-state index in [0.29, 0.717) is 5.56 Å². The molecule has 0 spiro atoms.